The number of thiazole rings is 1. The highest BCUT2D eigenvalue weighted by Gasteiger charge is 2.30. The predicted molar refractivity (Wildman–Crippen MR) is 96.1 cm³/mol. The van der Waals surface area contributed by atoms with Crippen molar-refractivity contribution < 1.29 is 9.53 Å². The van der Waals surface area contributed by atoms with Gasteiger partial charge in [-0.25, -0.2) is 9.78 Å². The minimum Gasteiger partial charge on any atom is -0.444 e. The molecule has 0 spiro atoms. The van der Waals surface area contributed by atoms with Crippen LogP contribution in [-0.4, -0.2) is 46.8 Å². The molecule has 0 aliphatic heterocycles. The molecule has 0 saturated heterocycles. The van der Waals surface area contributed by atoms with Crippen molar-refractivity contribution in [2.24, 2.45) is 0 Å². The van der Waals surface area contributed by atoms with Crippen LogP contribution in [0.25, 0.3) is 0 Å². The number of carbonyl (C=O) groups is 1. The largest absolute Gasteiger partial charge is 0.444 e. The van der Waals surface area contributed by atoms with E-state index in [2.05, 4.69) is 15.7 Å². The molecule has 0 saturated carbocycles. The summed E-state index contributed by atoms with van der Waals surface area (Å²) in [4.78, 5) is 18.6. The minimum atomic E-state index is -0.476. The zero-order valence-corrected chi connectivity index (χ0v) is 16.3. The first-order valence-electron chi connectivity index (χ1n) is 8.11. The molecular formula is C17H31N3O2S. The van der Waals surface area contributed by atoms with Crippen LogP contribution >= 0.6 is 11.3 Å². The Hall–Kier alpha value is -1.14. The van der Waals surface area contributed by atoms with Crippen molar-refractivity contribution in [3.63, 3.8) is 0 Å². The maximum atomic E-state index is 12.4. The van der Waals surface area contributed by atoms with Crippen molar-refractivity contribution in [3.05, 3.63) is 16.1 Å². The Labute approximate surface area is 144 Å². The van der Waals surface area contributed by atoms with Crippen LogP contribution in [0.5, 0.6) is 0 Å². The molecule has 132 valence electrons. The van der Waals surface area contributed by atoms with Gasteiger partial charge in [0.2, 0.25) is 0 Å². The Balaban J connectivity index is 2.41. The second-order valence-electron chi connectivity index (χ2n) is 7.66. The summed E-state index contributed by atoms with van der Waals surface area (Å²) in [6.07, 6.45) is 0.647. The Kier molecular flexibility index (Phi) is 7.02. The van der Waals surface area contributed by atoms with Gasteiger partial charge in [0.1, 0.15) is 5.60 Å². The van der Waals surface area contributed by atoms with Crippen LogP contribution in [0.3, 0.4) is 0 Å². The van der Waals surface area contributed by atoms with Gasteiger partial charge in [-0.15, -0.1) is 11.3 Å². The van der Waals surface area contributed by atoms with E-state index < -0.39 is 5.60 Å². The van der Waals surface area contributed by atoms with Gasteiger partial charge in [-0.05, 0) is 48.5 Å². The van der Waals surface area contributed by atoms with Crippen molar-refractivity contribution in [1.29, 1.82) is 0 Å². The van der Waals surface area contributed by atoms with Gasteiger partial charge < -0.3 is 15.0 Å². The summed E-state index contributed by atoms with van der Waals surface area (Å²) >= 11 is 1.68. The van der Waals surface area contributed by atoms with E-state index in [0.29, 0.717) is 6.54 Å². The summed E-state index contributed by atoms with van der Waals surface area (Å²) in [6.45, 7) is 16.0. The summed E-state index contributed by atoms with van der Waals surface area (Å²) in [6, 6.07) is 0. The molecule has 5 nitrogen and oxygen atoms in total. The molecule has 0 unspecified atom stereocenters. The van der Waals surface area contributed by atoms with E-state index in [9.17, 15) is 4.79 Å². The van der Waals surface area contributed by atoms with E-state index in [-0.39, 0.29) is 11.6 Å². The fraction of sp³-hybridized carbons (Fsp3) is 0.765. The average molecular weight is 342 g/mol. The Morgan fingerprint density at radius 1 is 1.26 bits per heavy atom. The second kappa shape index (κ2) is 8.11. The number of carbonyl (C=O) groups excluding carboxylic acids is 1. The summed E-state index contributed by atoms with van der Waals surface area (Å²) in [5.74, 6) is 0. The predicted octanol–water partition coefficient (Wildman–Crippen LogP) is 3.62. The number of hydrogen-bond donors (Lipinski definition) is 1. The lowest BCUT2D eigenvalue weighted by atomic mass is 10.1. The lowest BCUT2D eigenvalue weighted by Gasteiger charge is -2.36. The Bertz CT molecular complexity index is 501. The van der Waals surface area contributed by atoms with E-state index in [1.165, 1.54) is 0 Å². The first kappa shape index (κ1) is 19.9. The Morgan fingerprint density at radius 3 is 2.39 bits per heavy atom. The van der Waals surface area contributed by atoms with Crippen LogP contribution in [0, 0.1) is 6.92 Å². The van der Waals surface area contributed by atoms with Crippen molar-refractivity contribution >= 4 is 17.4 Å². The van der Waals surface area contributed by atoms with E-state index in [4.69, 9.17) is 4.74 Å². The highest BCUT2D eigenvalue weighted by Crippen LogP contribution is 2.17. The molecule has 1 rings (SSSR count). The number of amides is 1. The highest BCUT2D eigenvalue weighted by atomic mass is 32.1. The third-order valence-electron chi connectivity index (χ3n) is 3.16. The smallest absolute Gasteiger partial charge is 0.410 e. The topological polar surface area (TPSA) is 54.5 Å². The van der Waals surface area contributed by atoms with E-state index in [1.807, 2.05) is 48.5 Å². The van der Waals surface area contributed by atoms with E-state index in [1.54, 1.807) is 16.2 Å². The first-order valence-corrected chi connectivity index (χ1v) is 8.99. The average Bonchev–Trinajstić information content (AvgIpc) is 2.75. The van der Waals surface area contributed by atoms with Crippen LogP contribution in [0.4, 0.5) is 4.79 Å². The molecular weight excluding hydrogens is 310 g/mol. The maximum absolute atomic E-state index is 12.4. The molecule has 0 aliphatic rings. The number of aryl methyl sites for hydroxylation is 1. The molecule has 0 fully saturated rings. The van der Waals surface area contributed by atoms with E-state index >= 15 is 0 Å². The molecule has 6 heteroatoms. The molecule has 1 N–H and O–H groups in total. The quantitative estimate of drug-likeness (QED) is 0.803. The van der Waals surface area contributed by atoms with Gasteiger partial charge >= 0.3 is 6.09 Å². The van der Waals surface area contributed by atoms with Gasteiger partial charge in [0.15, 0.2) is 0 Å². The van der Waals surface area contributed by atoms with Gasteiger partial charge in [0.25, 0.3) is 0 Å². The van der Waals surface area contributed by atoms with Crippen molar-refractivity contribution in [1.82, 2.24) is 15.2 Å². The van der Waals surface area contributed by atoms with Crippen LogP contribution < -0.4 is 5.32 Å². The molecule has 0 atom stereocenters. The number of nitrogens with one attached hydrogen (secondary N) is 1. The van der Waals surface area contributed by atoms with Crippen molar-refractivity contribution in [2.75, 3.05) is 19.6 Å². The molecule has 0 radical (unpaired) electrons. The highest BCUT2D eigenvalue weighted by molar-refractivity contribution is 7.09. The van der Waals surface area contributed by atoms with Crippen molar-refractivity contribution in [2.45, 2.75) is 66.0 Å². The summed E-state index contributed by atoms with van der Waals surface area (Å²) in [7, 11) is 0. The molecule has 23 heavy (non-hydrogen) atoms. The first-order chi connectivity index (χ1) is 10.5. The molecule has 0 aromatic carbocycles. The van der Waals surface area contributed by atoms with Gasteiger partial charge in [0, 0.05) is 37.0 Å². The van der Waals surface area contributed by atoms with Crippen LogP contribution in [0.1, 0.15) is 52.2 Å². The number of ether oxygens (including phenoxy) is 1. The summed E-state index contributed by atoms with van der Waals surface area (Å²) in [5, 5.41) is 6.58. The van der Waals surface area contributed by atoms with E-state index in [0.717, 1.165) is 30.2 Å². The zero-order chi connectivity index (χ0) is 17.7. The summed E-state index contributed by atoms with van der Waals surface area (Å²) < 4.78 is 5.51. The monoisotopic (exact) mass is 341 g/mol. The maximum Gasteiger partial charge on any atom is 0.410 e. The lowest BCUT2D eigenvalue weighted by molar-refractivity contribution is 0.00666. The molecule has 1 amide bonds. The zero-order valence-electron chi connectivity index (χ0n) is 15.5. The molecule has 1 aromatic rings. The van der Waals surface area contributed by atoms with Gasteiger partial charge in [-0.3, -0.25) is 0 Å². The van der Waals surface area contributed by atoms with Crippen LogP contribution in [0.2, 0.25) is 0 Å². The van der Waals surface area contributed by atoms with Gasteiger partial charge in [-0.2, -0.15) is 0 Å². The molecule has 1 aromatic heterocycles. The number of aromatic nitrogens is 1. The number of rotatable bonds is 6. The third-order valence-corrected chi connectivity index (χ3v) is 3.98. The molecule has 1 heterocycles. The van der Waals surface area contributed by atoms with Gasteiger partial charge in [-0.1, -0.05) is 0 Å². The normalized spacial score (nSPS) is 12.3. The SMILES string of the molecule is Cc1nc(CCNCCN(C(=O)OC(C)(C)C)C(C)(C)C)cs1. The van der Waals surface area contributed by atoms with Crippen LogP contribution in [-0.2, 0) is 11.2 Å². The lowest BCUT2D eigenvalue weighted by Crippen LogP contribution is -2.50. The van der Waals surface area contributed by atoms with Crippen molar-refractivity contribution in [3.8, 4) is 0 Å². The summed E-state index contributed by atoms with van der Waals surface area (Å²) in [5.41, 5.74) is 0.381. The van der Waals surface area contributed by atoms with Gasteiger partial charge in [0.05, 0.1) is 10.7 Å². The standard InChI is InChI=1S/C17H31N3O2S/c1-13-19-14(12-23-13)8-9-18-10-11-20(16(2,3)4)15(21)22-17(5,6)7/h12,18H,8-11H2,1-7H3. The second-order valence-corrected chi connectivity index (χ2v) is 8.72. The Morgan fingerprint density at radius 2 is 1.91 bits per heavy atom. The van der Waals surface area contributed by atoms with Crippen LogP contribution in [0.15, 0.2) is 5.38 Å². The minimum absolute atomic E-state index is 0.262. The number of nitrogens with zero attached hydrogens (tertiary/aromatic N) is 2. The fourth-order valence-corrected chi connectivity index (χ4v) is 2.72. The fourth-order valence-electron chi connectivity index (χ4n) is 2.07. The number of hydrogen-bond acceptors (Lipinski definition) is 5. The molecule has 0 aliphatic carbocycles. The molecule has 0 bridgehead atoms. The third kappa shape index (κ3) is 7.79.